The van der Waals surface area contributed by atoms with Gasteiger partial charge in [-0.2, -0.15) is 5.10 Å². The topological polar surface area (TPSA) is 137 Å². The van der Waals surface area contributed by atoms with E-state index >= 15 is 0 Å². The summed E-state index contributed by atoms with van der Waals surface area (Å²) in [7, 11) is 0. The van der Waals surface area contributed by atoms with Crippen molar-refractivity contribution in [3.63, 3.8) is 0 Å². The number of benzene rings is 2. The van der Waals surface area contributed by atoms with Gasteiger partial charge in [0.2, 0.25) is 11.8 Å². The fourth-order valence-electron chi connectivity index (χ4n) is 4.29. The van der Waals surface area contributed by atoms with Crippen LogP contribution in [0.4, 0.5) is 0 Å². The van der Waals surface area contributed by atoms with Crippen LogP contribution in [0.1, 0.15) is 23.5 Å². The van der Waals surface area contributed by atoms with Crippen molar-refractivity contribution >= 4 is 22.7 Å². The third-order valence-electron chi connectivity index (χ3n) is 6.19. The van der Waals surface area contributed by atoms with E-state index in [2.05, 4.69) is 15.2 Å². The third-order valence-corrected chi connectivity index (χ3v) is 6.19. The van der Waals surface area contributed by atoms with Gasteiger partial charge in [0.25, 0.3) is 0 Å². The van der Waals surface area contributed by atoms with E-state index < -0.39 is 17.2 Å². The maximum absolute atomic E-state index is 11.8. The number of rotatable bonds is 6. The third kappa shape index (κ3) is 3.08. The van der Waals surface area contributed by atoms with Gasteiger partial charge in [-0.15, -0.1) is 0 Å². The molecular weight excluding hydrogens is 406 g/mol. The number of aromatic amines is 1. The summed E-state index contributed by atoms with van der Waals surface area (Å²) in [6.07, 6.45) is 3.76. The summed E-state index contributed by atoms with van der Waals surface area (Å²) in [6.45, 7) is 2.03. The lowest BCUT2D eigenvalue weighted by Crippen LogP contribution is -2.38. The fraction of sp³-hybridized carbons (Fsp3) is 0.167. The first-order valence-electron chi connectivity index (χ1n) is 10.2. The van der Waals surface area contributed by atoms with Gasteiger partial charge in [-0.3, -0.25) is 19.7 Å². The molecule has 5 rings (SSSR count). The maximum Gasteiger partial charge on any atom is 0.233 e. The second-order valence-corrected chi connectivity index (χ2v) is 8.09. The zero-order valence-corrected chi connectivity index (χ0v) is 17.3. The SMILES string of the molecule is Cc1cc2c(Oc3ccc(C4CC4(C(N)=O)C(N)=O)cc3)ccnc2cc1-c1ccn[nH]1. The molecule has 5 N–H and O–H groups in total. The molecule has 1 atom stereocenters. The van der Waals surface area contributed by atoms with E-state index in [4.69, 9.17) is 16.2 Å². The molecule has 2 aromatic carbocycles. The van der Waals surface area contributed by atoms with E-state index in [0.717, 1.165) is 33.3 Å². The molecule has 4 aromatic rings. The number of carbonyl (C=O) groups excluding carboxylic acids is 2. The molecule has 1 aliphatic rings. The minimum atomic E-state index is -1.28. The Labute approximate surface area is 183 Å². The molecular formula is C24H21N5O3. The molecule has 2 aromatic heterocycles. The van der Waals surface area contributed by atoms with Crippen LogP contribution < -0.4 is 16.2 Å². The number of pyridine rings is 1. The van der Waals surface area contributed by atoms with Gasteiger partial charge in [0.05, 0.1) is 11.2 Å². The first kappa shape index (κ1) is 19.7. The number of fused-ring (bicyclic) bond motifs is 1. The Morgan fingerprint density at radius 1 is 1.06 bits per heavy atom. The van der Waals surface area contributed by atoms with Crippen LogP contribution >= 0.6 is 0 Å². The summed E-state index contributed by atoms with van der Waals surface area (Å²) < 4.78 is 6.14. The number of amides is 2. The summed E-state index contributed by atoms with van der Waals surface area (Å²) in [5, 5.41) is 7.90. The molecule has 8 heteroatoms. The second kappa shape index (κ2) is 7.19. The van der Waals surface area contributed by atoms with Gasteiger partial charge in [0.15, 0.2) is 0 Å². The number of carbonyl (C=O) groups is 2. The summed E-state index contributed by atoms with van der Waals surface area (Å²) in [5.74, 6) is -0.346. The molecule has 1 fully saturated rings. The molecule has 0 aliphatic heterocycles. The predicted octanol–water partition coefficient (Wildman–Crippen LogP) is 3.17. The molecule has 2 amide bonds. The van der Waals surface area contributed by atoms with Gasteiger partial charge in [-0.05, 0) is 60.9 Å². The molecule has 32 heavy (non-hydrogen) atoms. The van der Waals surface area contributed by atoms with Gasteiger partial charge < -0.3 is 16.2 Å². The molecule has 1 aliphatic carbocycles. The number of primary amides is 2. The minimum Gasteiger partial charge on any atom is -0.457 e. The zero-order chi connectivity index (χ0) is 22.5. The normalized spacial score (nSPS) is 16.6. The first-order valence-corrected chi connectivity index (χ1v) is 10.2. The molecule has 0 radical (unpaired) electrons. The Kier molecular flexibility index (Phi) is 4.44. The molecule has 1 saturated carbocycles. The molecule has 160 valence electrons. The molecule has 1 unspecified atom stereocenters. The van der Waals surface area contributed by atoms with Crippen molar-refractivity contribution in [1.82, 2.24) is 15.2 Å². The first-order chi connectivity index (χ1) is 15.4. The number of ether oxygens (including phenoxy) is 1. The Morgan fingerprint density at radius 2 is 1.81 bits per heavy atom. The average Bonchev–Trinajstić information content (AvgIpc) is 3.33. The minimum absolute atomic E-state index is 0.295. The van der Waals surface area contributed by atoms with Crippen LogP contribution in [-0.2, 0) is 9.59 Å². The highest BCUT2D eigenvalue weighted by molar-refractivity contribution is 6.08. The largest absolute Gasteiger partial charge is 0.457 e. The smallest absolute Gasteiger partial charge is 0.233 e. The van der Waals surface area contributed by atoms with Gasteiger partial charge in [-0.25, -0.2) is 0 Å². The lowest BCUT2D eigenvalue weighted by molar-refractivity contribution is -0.133. The number of nitrogens with zero attached hydrogens (tertiary/aromatic N) is 2. The van der Waals surface area contributed by atoms with E-state index in [1.165, 1.54) is 0 Å². The van der Waals surface area contributed by atoms with Crippen molar-refractivity contribution in [2.75, 3.05) is 0 Å². The number of aryl methyl sites for hydroxylation is 1. The highest BCUT2D eigenvalue weighted by Crippen LogP contribution is 2.59. The van der Waals surface area contributed by atoms with E-state index in [1.54, 1.807) is 24.5 Å². The van der Waals surface area contributed by atoms with Gasteiger partial charge in [0.1, 0.15) is 16.9 Å². The Balaban J connectivity index is 1.42. The number of aromatic nitrogens is 3. The van der Waals surface area contributed by atoms with Crippen LogP contribution in [0.3, 0.4) is 0 Å². The number of H-pyrrole nitrogens is 1. The van der Waals surface area contributed by atoms with Gasteiger partial charge >= 0.3 is 0 Å². The van der Waals surface area contributed by atoms with Crippen molar-refractivity contribution in [2.24, 2.45) is 16.9 Å². The zero-order valence-electron chi connectivity index (χ0n) is 17.3. The van der Waals surface area contributed by atoms with E-state index in [0.29, 0.717) is 17.9 Å². The number of nitrogens with one attached hydrogen (secondary N) is 1. The van der Waals surface area contributed by atoms with Crippen LogP contribution in [0.25, 0.3) is 22.2 Å². The Hall–Kier alpha value is -4.20. The summed E-state index contributed by atoms with van der Waals surface area (Å²) >= 11 is 0. The van der Waals surface area contributed by atoms with Crippen LogP contribution in [0.2, 0.25) is 0 Å². The molecule has 2 heterocycles. The van der Waals surface area contributed by atoms with E-state index in [-0.39, 0.29) is 5.92 Å². The highest BCUT2D eigenvalue weighted by Gasteiger charge is 2.64. The second-order valence-electron chi connectivity index (χ2n) is 8.09. The summed E-state index contributed by atoms with van der Waals surface area (Å²) in [4.78, 5) is 28.0. The number of hydrogen-bond acceptors (Lipinski definition) is 5. The fourth-order valence-corrected chi connectivity index (χ4v) is 4.29. The van der Waals surface area contributed by atoms with Gasteiger partial charge in [0, 0.05) is 29.3 Å². The quantitative estimate of drug-likeness (QED) is 0.406. The van der Waals surface area contributed by atoms with Crippen LogP contribution in [0.5, 0.6) is 11.5 Å². The maximum atomic E-state index is 11.8. The molecule has 0 bridgehead atoms. The summed E-state index contributed by atoms with van der Waals surface area (Å²) in [5.41, 5.74) is 14.2. The molecule has 0 saturated heterocycles. The number of nitrogens with two attached hydrogens (primary N) is 2. The average molecular weight is 427 g/mol. The Bertz CT molecular complexity index is 1330. The van der Waals surface area contributed by atoms with E-state index in [9.17, 15) is 9.59 Å². The molecule has 8 nitrogen and oxygen atoms in total. The monoisotopic (exact) mass is 427 g/mol. The molecule has 0 spiro atoms. The van der Waals surface area contributed by atoms with Crippen molar-refractivity contribution in [3.8, 4) is 22.8 Å². The van der Waals surface area contributed by atoms with Crippen LogP contribution in [-0.4, -0.2) is 27.0 Å². The predicted molar refractivity (Wildman–Crippen MR) is 119 cm³/mol. The van der Waals surface area contributed by atoms with Crippen molar-refractivity contribution < 1.29 is 14.3 Å². The van der Waals surface area contributed by atoms with Gasteiger partial charge in [-0.1, -0.05) is 12.1 Å². The van der Waals surface area contributed by atoms with Crippen LogP contribution in [0.15, 0.2) is 60.9 Å². The van der Waals surface area contributed by atoms with Crippen molar-refractivity contribution in [2.45, 2.75) is 19.3 Å². The Morgan fingerprint density at radius 3 is 2.44 bits per heavy atom. The summed E-state index contributed by atoms with van der Waals surface area (Å²) in [6, 6.07) is 15.1. The highest BCUT2D eigenvalue weighted by atomic mass is 16.5. The van der Waals surface area contributed by atoms with Crippen molar-refractivity contribution in [3.05, 3.63) is 72.1 Å². The standard InChI is InChI=1S/C24H21N5O3/c1-13-10-17-20(11-16(13)19-6-9-28-29-19)27-8-7-21(17)32-15-4-2-14(3-5-15)18-12-24(18,22(25)30)23(26)31/h2-11,18H,12H2,1H3,(H2,25,30)(H2,26,31)(H,28,29). The lowest BCUT2D eigenvalue weighted by atomic mass is 9.97. The number of hydrogen-bond donors (Lipinski definition) is 3. The van der Waals surface area contributed by atoms with Crippen LogP contribution in [0, 0.1) is 12.3 Å². The van der Waals surface area contributed by atoms with E-state index in [1.807, 2.05) is 43.3 Å². The van der Waals surface area contributed by atoms with Crippen molar-refractivity contribution in [1.29, 1.82) is 0 Å². The lowest BCUT2D eigenvalue weighted by Gasteiger charge is -2.12.